The quantitative estimate of drug-likeness (QED) is 0.682. The number of esters is 1. The Bertz CT molecular complexity index is 702. The molecule has 152 valence electrons. The summed E-state index contributed by atoms with van der Waals surface area (Å²) in [7, 11) is 0. The average molecular weight is 392 g/mol. The second kappa shape index (κ2) is 7.40. The van der Waals surface area contributed by atoms with Crippen molar-refractivity contribution >= 4 is 12.1 Å². The number of hydrogen-bond donors (Lipinski definition) is 0. The lowest BCUT2D eigenvalue weighted by atomic mass is 10.0. The monoisotopic (exact) mass is 392 g/mol. The van der Waals surface area contributed by atoms with E-state index in [9.17, 15) is 22.8 Å². The molecular weight excluding hydrogens is 369 g/mol. The van der Waals surface area contributed by atoms with Gasteiger partial charge in [-0.1, -0.05) is 0 Å². The van der Waals surface area contributed by atoms with E-state index in [1.54, 1.807) is 27.7 Å². The number of alkyl halides is 3. The van der Waals surface area contributed by atoms with Crippen molar-refractivity contribution in [2.24, 2.45) is 5.41 Å². The number of hydrogen-bond acceptors (Lipinski definition) is 6. The molecule has 0 aromatic carbocycles. The van der Waals surface area contributed by atoms with Crippen LogP contribution in [0.15, 0.2) is 6.20 Å². The van der Waals surface area contributed by atoms with Crippen molar-refractivity contribution in [1.82, 2.24) is 9.78 Å². The van der Waals surface area contributed by atoms with Crippen LogP contribution < -0.4 is 4.74 Å². The fourth-order valence-corrected chi connectivity index (χ4v) is 2.38. The number of carbonyl (C=O) groups is 2. The maximum Gasteiger partial charge on any atom is 0.435 e. The van der Waals surface area contributed by atoms with Crippen LogP contribution in [-0.4, -0.2) is 46.8 Å². The van der Waals surface area contributed by atoms with Crippen molar-refractivity contribution in [3.05, 3.63) is 11.8 Å². The van der Waals surface area contributed by atoms with Gasteiger partial charge >= 0.3 is 18.2 Å². The maximum absolute atomic E-state index is 13.0. The van der Waals surface area contributed by atoms with E-state index in [4.69, 9.17) is 14.2 Å². The van der Waals surface area contributed by atoms with Crippen molar-refractivity contribution in [2.45, 2.75) is 58.7 Å². The molecule has 1 heterocycles. The highest BCUT2D eigenvalue weighted by Crippen LogP contribution is 2.59. The van der Waals surface area contributed by atoms with Crippen molar-refractivity contribution < 1.29 is 37.0 Å². The zero-order valence-corrected chi connectivity index (χ0v) is 15.7. The van der Waals surface area contributed by atoms with Crippen molar-refractivity contribution in [3.63, 3.8) is 0 Å². The third-order valence-electron chi connectivity index (χ3n) is 4.03. The normalized spacial score (nSPS) is 16.0. The van der Waals surface area contributed by atoms with Gasteiger partial charge in [-0.15, -0.1) is 5.10 Å². The van der Waals surface area contributed by atoms with Gasteiger partial charge in [0.2, 0.25) is 5.88 Å². The minimum Gasteiger partial charge on any atom is -0.476 e. The lowest BCUT2D eigenvalue weighted by Gasteiger charge is -2.19. The molecule has 1 aliphatic carbocycles. The fraction of sp³-hybridized carbons (Fsp3) is 0.706. The molecule has 1 aromatic rings. The first kappa shape index (κ1) is 21.0. The number of nitrogens with zero attached hydrogens (tertiary/aromatic N) is 2. The summed E-state index contributed by atoms with van der Waals surface area (Å²) >= 11 is 0. The topological polar surface area (TPSA) is 79.7 Å². The Labute approximate surface area is 154 Å². The van der Waals surface area contributed by atoms with Gasteiger partial charge in [0.15, 0.2) is 0 Å². The minimum atomic E-state index is -4.30. The standard InChI is InChI=1S/C17H23F3N2O5/c1-5-25-13(23)11-10-22(14(24)27-15(2,3)4)21-12(11)26-9-8-16(6-7-16)17(18,19)20/h10H,5-9H2,1-4H3. The van der Waals surface area contributed by atoms with E-state index in [0.29, 0.717) is 0 Å². The van der Waals surface area contributed by atoms with E-state index in [0.717, 1.165) is 10.9 Å². The Hall–Kier alpha value is -2.26. The van der Waals surface area contributed by atoms with Gasteiger partial charge in [-0.3, -0.25) is 0 Å². The highest BCUT2D eigenvalue weighted by atomic mass is 19.4. The zero-order valence-electron chi connectivity index (χ0n) is 15.7. The van der Waals surface area contributed by atoms with Crippen LogP contribution in [0, 0.1) is 5.41 Å². The first-order chi connectivity index (χ1) is 12.4. The van der Waals surface area contributed by atoms with Crippen LogP contribution in [0.3, 0.4) is 0 Å². The van der Waals surface area contributed by atoms with E-state index in [1.165, 1.54) is 0 Å². The van der Waals surface area contributed by atoms with Crippen molar-refractivity contribution in [1.29, 1.82) is 0 Å². The molecule has 1 saturated carbocycles. The number of carbonyl (C=O) groups excluding carboxylic acids is 2. The van der Waals surface area contributed by atoms with Gasteiger partial charge in [-0.05, 0) is 47.0 Å². The van der Waals surface area contributed by atoms with E-state index in [2.05, 4.69) is 5.10 Å². The molecule has 0 amide bonds. The second-order valence-electron chi connectivity index (χ2n) is 7.37. The summed E-state index contributed by atoms with van der Waals surface area (Å²) in [5.41, 5.74) is -2.68. The molecule has 1 fully saturated rings. The Morgan fingerprint density at radius 3 is 2.37 bits per heavy atom. The van der Waals surface area contributed by atoms with Gasteiger partial charge in [0.05, 0.1) is 24.8 Å². The Morgan fingerprint density at radius 2 is 1.89 bits per heavy atom. The van der Waals surface area contributed by atoms with E-state index >= 15 is 0 Å². The molecule has 0 unspecified atom stereocenters. The Kier molecular flexibility index (Phi) is 5.77. The summed E-state index contributed by atoms with van der Waals surface area (Å²) in [6.07, 6.45) is -4.21. The number of rotatable bonds is 6. The van der Waals surface area contributed by atoms with Gasteiger partial charge < -0.3 is 14.2 Å². The molecule has 27 heavy (non-hydrogen) atoms. The van der Waals surface area contributed by atoms with E-state index < -0.39 is 29.3 Å². The summed E-state index contributed by atoms with van der Waals surface area (Å²) < 4.78 is 55.0. The molecule has 7 nitrogen and oxygen atoms in total. The third kappa shape index (κ3) is 5.14. The lowest BCUT2D eigenvalue weighted by Crippen LogP contribution is -2.27. The Morgan fingerprint density at radius 1 is 1.26 bits per heavy atom. The largest absolute Gasteiger partial charge is 0.476 e. The summed E-state index contributed by atoms with van der Waals surface area (Å²) in [5, 5.41) is 3.84. The molecule has 0 saturated heterocycles. The van der Waals surface area contributed by atoms with Gasteiger partial charge in [-0.2, -0.15) is 17.9 Å². The molecule has 1 aromatic heterocycles. The van der Waals surface area contributed by atoms with Crippen LogP contribution in [0.2, 0.25) is 0 Å². The predicted molar refractivity (Wildman–Crippen MR) is 87.6 cm³/mol. The van der Waals surface area contributed by atoms with Crippen LogP contribution in [0.1, 0.15) is 57.3 Å². The summed E-state index contributed by atoms with van der Waals surface area (Å²) in [6, 6.07) is 0. The molecule has 0 N–H and O–H groups in total. The highest BCUT2D eigenvalue weighted by Gasteiger charge is 2.62. The molecule has 1 aliphatic rings. The molecule has 0 bridgehead atoms. The number of ether oxygens (including phenoxy) is 3. The Balaban J connectivity index is 2.13. The van der Waals surface area contributed by atoms with Gasteiger partial charge in [-0.25, -0.2) is 9.59 Å². The smallest absolute Gasteiger partial charge is 0.435 e. The molecule has 10 heteroatoms. The number of aromatic nitrogens is 2. The molecule has 0 atom stereocenters. The first-order valence-corrected chi connectivity index (χ1v) is 8.58. The van der Waals surface area contributed by atoms with E-state index in [-0.39, 0.29) is 43.9 Å². The van der Waals surface area contributed by atoms with Gasteiger partial charge in [0.25, 0.3) is 0 Å². The summed E-state index contributed by atoms with van der Waals surface area (Å²) in [5.74, 6) is -1.06. The van der Waals surface area contributed by atoms with Gasteiger partial charge in [0, 0.05) is 0 Å². The second-order valence-corrected chi connectivity index (χ2v) is 7.37. The van der Waals surface area contributed by atoms with E-state index in [1.807, 2.05) is 0 Å². The summed E-state index contributed by atoms with van der Waals surface area (Å²) in [4.78, 5) is 24.1. The van der Waals surface area contributed by atoms with Crippen LogP contribution in [0.5, 0.6) is 5.88 Å². The highest BCUT2D eigenvalue weighted by molar-refractivity contribution is 5.92. The maximum atomic E-state index is 13.0. The first-order valence-electron chi connectivity index (χ1n) is 8.58. The van der Waals surface area contributed by atoms with Crippen LogP contribution in [-0.2, 0) is 9.47 Å². The molecule has 0 radical (unpaired) electrons. The zero-order chi connectivity index (χ0) is 20.5. The van der Waals surface area contributed by atoms with Crippen LogP contribution >= 0.6 is 0 Å². The SMILES string of the molecule is CCOC(=O)c1cn(C(=O)OC(C)(C)C)nc1OCCC1(C(F)(F)F)CC1. The lowest BCUT2D eigenvalue weighted by molar-refractivity contribution is -0.190. The average Bonchev–Trinajstić information content (AvgIpc) is 3.18. The third-order valence-corrected chi connectivity index (χ3v) is 4.03. The molecule has 2 rings (SSSR count). The van der Waals surface area contributed by atoms with Crippen LogP contribution in [0.4, 0.5) is 18.0 Å². The van der Waals surface area contributed by atoms with Crippen molar-refractivity contribution in [2.75, 3.05) is 13.2 Å². The minimum absolute atomic E-state index is 0.0525. The van der Waals surface area contributed by atoms with Crippen molar-refractivity contribution in [3.8, 4) is 5.88 Å². The fourth-order valence-electron chi connectivity index (χ4n) is 2.38. The molecule has 0 aliphatic heterocycles. The number of halogens is 3. The van der Waals surface area contributed by atoms with Crippen LogP contribution in [0.25, 0.3) is 0 Å². The molecule has 0 spiro atoms. The molecular formula is C17H23F3N2O5. The van der Waals surface area contributed by atoms with Gasteiger partial charge in [0.1, 0.15) is 11.2 Å². The summed E-state index contributed by atoms with van der Waals surface area (Å²) in [6.45, 7) is 6.35. The predicted octanol–water partition coefficient (Wildman–Crippen LogP) is 3.95.